The van der Waals surface area contributed by atoms with Gasteiger partial charge in [-0.05, 0) is 55.6 Å². The Morgan fingerprint density at radius 2 is 1.70 bits per heavy atom. The second-order valence-electron chi connectivity index (χ2n) is 4.71. The summed E-state index contributed by atoms with van der Waals surface area (Å²) in [5.41, 5.74) is 1.28. The largest absolute Gasteiger partial charge is 0.497 e. The Bertz CT molecular complexity index is 599. The van der Waals surface area contributed by atoms with Crippen molar-refractivity contribution in [3.63, 3.8) is 0 Å². The Morgan fingerprint density at radius 3 is 2.26 bits per heavy atom. The van der Waals surface area contributed by atoms with Crippen LogP contribution in [0.1, 0.15) is 19.4 Å². The summed E-state index contributed by atoms with van der Waals surface area (Å²) >= 11 is 1.05. The van der Waals surface area contributed by atoms with Gasteiger partial charge in [0, 0.05) is 0 Å². The van der Waals surface area contributed by atoms with Gasteiger partial charge < -0.3 is 14.2 Å². The zero-order valence-corrected chi connectivity index (χ0v) is 14.1. The number of hydrogen-bond acceptors (Lipinski definition) is 7. The topological polar surface area (TPSA) is 74.2 Å². The van der Waals surface area contributed by atoms with Crippen LogP contribution in [0, 0.1) is 5.92 Å². The Hall–Kier alpha value is -2.02. The maximum absolute atomic E-state index is 12.3. The number of carbonyl (C=O) groups is 2. The van der Waals surface area contributed by atoms with Crippen LogP contribution in [-0.4, -0.2) is 43.2 Å². The predicted molar refractivity (Wildman–Crippen MR) is 87.7 cm³/mol. The Morgan fingerprint density at radius 1 is 1.09 bits per heavy atom. The van der Waals surface area contributed by atoms with Gasteiger partial charge in [-0.15, -0.1) is 0 Å². The molecule has 0 fully saturated rings. The van der Waals surface area contributed by atoms with Crippen LogP contribution in [0.25, 0.3) is 0 Å². The van der Waals surface area contributed by atoms with Crippen LogP contribution < -0.4 is 4.74 Å². The molecule has 0 unspecified atom stereocenters. The van der Waals surface area contributed by atoms with E-state index in [-0.39, 0.29) is 13.2 Å². The highest BCUT2D eigenvalue weighted by Crippen LogP contribution is 2.35. The molecule has 124 valence electrons. The van der Waals surface area contributed by atoms with Gasteiger partial charge in [0.05, 0.1) is 26.0 Å². The predicted octanol–water partition coefficient (Wildman–Crippen LogP) is 2.26. The highest BCUT2D eigenvalue weighted by Gasteiger charge is 2.45. The molecule has 7 heteroatoms. The molecule has 1 heterocycles. The van der Waals surface area contributed by atoms with E-state index in [9.17, 15) is 9.59 Å². The first-order valence-electron chi connectivity index (χ1n) is 7.33. The molecule has 23 heavy (non-hydrogen) atoms. The molecular weight excluding hydrogens is 318 g/mol. The van der Waals surface area contributed by atoms with Crippen LogP contribution in [0.2, 0.25) is 0 Å². The van der Waals surface area contributed by atoms with E-state index >= 15 is 0 Å². The van der Waals surface area contributed by atoms with E-state index in [0.717, 1.165) is 17.5 Å². The summed E-state index contributed by atoms with van der Waals surface area (Å²) in [5, 5.41) is -0.717. The first-order chi connectivity index (χ1) is 11.1. The van der Waals surface area contributed by atoms with Crippen molar-refractivity contribution in [3.05, 3.63) is 29.8 Å². The number of benzene rings is 1. The maximum Gasteiger partial charge on any atom is 0.322 e. The highest BCUT2D eigenvalue weighted by molar-refractivity contribution is 8.00. The Kier molecular flexibility index (Phi) is 6.04. The van der Waals surface area contributed by atoms with Gasteiger partial charge in [-0.3, -0.25) is 9.59 Å². The average Bonchev–Trinajstić information content (AvgIpc) is 3.00. The second kappa shape index (κ2) is 8.01. The Balaban J connectivity index is 2.29. The van der Waals surface area contributed by atoms with Crippen molar-refractivity contribution in [1.29, 1.82) is 0 Å². The molecule has 0 N–H and O–H groups in total. The lowest BCUT2D eigenvalue weighted by molar-refractivity contribution is -0.151. The number of hydrogen-bond donors (Lipinski definition) is 0. The standard InChI is InChI=1S/C16H19NO5S/c1-4-21-15(18)12-13(10-6-8-11(20-3)9-7-10)17-23-14(12)16(19)22-5-2/h6-9,12,14H,4-5H2,1-3H3/t12-,14-/m1/s1. The summed E-state index contributed by atoms with van der Waals surface area (Å²) in [6.07, 6.45) is 0. The van der Waals surface area contributed by atoms with Gasteiger partial charge in [0.15, 0.2) is 0 Å². The minimum atomic E-state index is -0.771. The molecule has 0 bridgehead atoms. The summed E-state index contributed by atoms with van der Waals surface area (Å²) in [6, 6.07) is 7.17. The zero-order valence-electron chi connectivity index (χ0n) is 13.3. The number of rotatable bonds is 6. The fourth-order valence-electron chi connectivity index (χ4n) is 2.24. The van der Waals surface area contributed by atoms with E-state index in [4.69, 9.17) is 14.2 Å². The first kappa shape index (κ1) is 17.3. The molecule has 0 amide bonds. The fourth-order valence-corrected chi connectivity index (χ4v) is 3.20. The number of nitrogens with zero attached hydrogens (tertiary/aromatic N) is 1. The molecule has 0 aromatic heterocycles. The molecule has 1 aromatic rings. The van der Waals surface area contributed by atoms with E-state index in [1.807, 2.05) is 0 Å². The molecule has 0 aliphatic carbocycles. The fraction of sp³-hybridized carbons (Fsp3) is 0.438. The highest BCUT2D eigenvalue weighted by atomic mass is 32.2. The smallest absolute Gasteiger partial charge is 0.322 e. The van der Waals surface area contributed by atoms with Crippen LogP contribution in [0.5, 0.6) is 5.75 Å². The van der Waals surface area contributed by atoms with Crippen molar-refractivity contribution in [2.24, 2.45) is 10.3 Å². The molecule has 0 spiro atoms. The van der Waals surface area contributed by atoms with E-state index in [1.54, 1.807) is 45.2 Å². The molecule has 0 radical (unpaired) electrons. The lowest BCUT2D eigenvalue weighted by atomic mass is 9.93. The number of methoxy groups -OCH3 is 1. The molecule has 2 rings (SSSR count). The molecule has 1 aliphatic rings. The third-order valence-corrected chi connectivity index (χ3v) is 4.30. The van der Waals surface area contributed by atoms with Crippen LogP contribution in [-0.2, 0) is 19.1 Å². The van der Waals surface area contributed by atoms with Crippen molar-refractivity contribution in [2.45, 2.75) is 19.1 Å². The maximum atomic E-state index is 12.3. The van der Waals surface area contributed by atoms with Gasteiger partial charge >= 0.3 is 11.9 Å². The monoisotopic (exact) mass is 337 g/mol. The van der Waals surface area contributed by atoms with E-state index in [0.29, 0.717) is 11.5 Å². The number of carbonyl (C=O) groups excluding carboxylic acids is 2. The minimum absolute atomic E-state index is 0.242. The molecule has 0 saturated carbocycles. The zero-order chi connectivity index (χ0) is 16.8. The quantitative estimate of drug-likeness (QED) is 0.585. The van der Waals surface area contributed by atoms with Gasteiger partial charge in [0.25, 0.3) is 0 Å². The third-order valence-electron chi connectivity index (χ3n) is 3.31. The molecular formula is C16H19NO5S. The molecule has 2 atom stereocenters. The summed E-state index contributed by atoms with van der Waals surface area (Å²) in [6.45, 7) is 3.94. The molecule has 6 nitrogen and oxygen atoms in total. The van der Waals surface area contributed by atoms with Crippen LogP contribution >= 0.6 is 11.9 Å². The third kappa shape index (κ3) is 3.85. The summed E-state index contributed by atoms with van der Waals surface area (Å²) < 4.78 is 19.6. The second-order valence-corrected chi connectivity index (χ2v) is 5.61. The van der Waals surface area contributed by atoms with Crippen molar-refractivity contribution < 1.29 is 23.8 Å². The minimum Gasteiger partial charge on any atom is -0.497 e. The molecule has 1 aromatic carbocycles. The first-order valence-corrected chi connectivity index (χ1v) is 8.17. The van der Waals surface area contributed by atoms with E-state index < -0.39 is 23.1 Å². The number of ether oxygens (including phenoxy) is 3. The van der Waals surface area contributed by atoms with Gasteiger partial charge in [-0.2, -0.15) is 0 Å². The Labute approximate surface area is 139 Å². The van der Waals surface area contributed by atoms with Crippen molar-refractivity contribution >= 4 is 29.6 Å². The lowest BCUT2D eigenvalue weighted by Crippen LogP contribution is -2.37. The van der Waals surface area contributed by atoms with Gasteiger partial charge in [0.1, 0.15) is 16.9 Å². The van der Waals surface area contributed by atoms with Crippen molar-refractivity contribution in [2.75, 3.05) is 20.3 Å². The molecule has 0 saturated heterocycles. The number of esters is 2. The van der Waals surface area contributed by atoms with Crippen molar-refractivity contribution in [1.82, 2.24) is 0 Å². The van der Waals surface area contributed by atoms with Crippen LogP contribution in [0.3, 0.4) is 0 Å². The molecule has 1 aliphatic heterocycles. The van der Waals surface area contributed by atoms with Gasteiger partial charge in [-0.1, -0.05) is 0 Å². The summed E-state index contributed by atoms with van der Waals surface area (Å²) in [4.78, 5) is 24.4. The van der Waals surface area contributed by atoms with E-state index in [2.05, 4.69) is 4.40 Å². The van der Waals surface area contributed by atoms with Gasteiger partial charge in [0.2, 0.25) is 0 Å². The van der Waals surface area contributed by atoms with Gasteiger partial charge in [-0.25, -0.2) is 4.40 Å². The van der Waals surface area contributed by atoms with Crippen molar-refractivity contribution in [3.8, 4) is 5.75 Å². The normalized spacial score (nSPS) is 19.9. The summed E-state index contributed by atoms with van der Waals surface area (Å²) in [7, 11) is 1.58. The summed E-state index contributed by atoms with van der Waals surface area (Å²) in [5.74, 6) is -0.991. The average molecular weight is 337 g/mol. The van der Waals surface area contributed by atoms with Crippen LogP contribution in [0.15, 0.2) is 28.7 Å². The van der Waals surface area contributed by atoms with E-state index in [1.165, 1.54) is 0 Å². The van der Waals surface area contributed by atoms with Crippen LogP contribution in [0.4, 0.5) is 0 Å². The SMILES string of the molecule is CCOC(=O)[C@@H]1C(c2ccc(OC)cc2)=NS[C@H]1C(=O)OCC. The lowest BCUT2D eigenvalue weighted by Gasteiger charge is -2.17.